The van der Waals surface area contributed by atoms with Crippen LogP contribution in [0.15, 0.2) is 0 Å². The maximum Gasteiger partial charge on any atom is 0.341 e. The molecule has 172 valence electrons. The molecule has 0 aliphatic carbocycles. The number of esters is 1. The van der Waals surface area contributed by atoms with E-state index in [0.717, 1.165) is 47.4 Å². The van der Waals surface area contributed by atoms with Crippen LogP contribution in [0.2, 0.25) is 0 Å². The standard InChI is InChI=1S/C22H33N3O5S/c1-6-8-9-10-11-12-22(5)20(28)25(21(29)24-22)13-16(26)23-18-17(19(27)30-7-2)14(3)15(4)31-18/h6-13H2,1-5H3,(H,23,26)(H,24,29). The molecular formula is C22H33N3O5S. The van der Waals surface area contributed by atoms with Gasteiger partial charge in [-0.15, -0.1) is 11.3 Å². The summed E-state index contributed by atoms with van der Waals surface area (Å²) >= 11 is 1.26. The molecule has 1 aliphatic rings. The van der Waals surface area contributed by atoms with Gasteiger partial charge in [0.2, 0.25) is 5.91 Å². The fraction of sp³-hybridized carbons (Fsp3) is 0.636. The van der Waals surface area contributed by atoms with Gasteiger partial charge in [-0.2, -0.15) is 0 Å². The molecular weight excluding hydrogens is 418 g/mol. The fourth-order valence-corrected chi connectivity index (χ4v) is 4.68. The van der Waals surface area contributed by atoms with Gasteiger partial charge in [-0.1, -0.05) is 39.0 Å². The topological polar surface area (TPSA) is 105 Å². The summed E-state index contributed by atoms with van der Waals surface area (Å²) in [6, 6.07) is -0.569. The number of amides is 4. The molecule has 2 heterocycles. The molecule has 0 spiro atoms. The molecule has 1 aromatic rings. The Bertz CT molecular complexity index is 850. The number of thiophene rings is 1. The maximum absolute atomic E-state index is 12.9. The summed E-state index contributed by atoms with van der Waals surface area (Å²) in [6.45, 7) is 9.01. The minimum atomic E-state index is -0.990. The van der Waals surface area contributed by atoms with E-state index >= 15 is 0 Å². The molecule has 0 radical (unpaired) electrons. The molecule has 1 saturated heterocycles. The molecule has 1 atom stereocenters. The number of carbonyl (C=O) groups excluding carboxylic acids is 4. The molecule has 1 unspecified atom stereocenters. The first-order valence-electron chi connectivity index (χ1n) is 10.9. The molecule has 1 aromatic heterocycles. The molecule has 1 fully saturated rings. The van der Waals surface area contributed by atoms with E-state index in [9.17, 15) is 19.2 Å². The molecule has 2 rings (SSSR count). The maximum atomic E-state index is 12.9. The summed E-state index contributed by atoms with van der Waals surface area (Å²) in [5.41, 5.74) is 0.0617. The zero-order valence-corrected chi connectivity index (χ0v) is 19.9. The SMILES string of the molecule is CCCCCCCC1(C)NC(=O)N(CC(=O)Nc2sc(C)c(C)c2C(=O)OCC)C1=O. The largest absolute Gasteiger partial charge is 0.462 e. The summed E-state index contributed by atoms with van der Waals surface area (Å²) in [6.07, 6.45) is 5.76. The molecule has 0 bridgehead atoms. The summed E-state index contributed by atoms with van der Waals surface area (Å²) in [7, 11) is 0. The lowest BCUT2D eigenvalue weighted by Crippen LogP contribution is -2.44. The van der Waals surface area contributed by atoms with E-state index < -0.39 is 35.9 Å². The highest BCUT2D eigenvalue weighted by molar-refractivity contribution is 7.16. The summed E-state index contributed by atoms with van der Waals surface area (Å²) < 4.78 is 5.09. The van der Waals surface area contributed by atoms with Crippen molar-refractivity contribution >= 4 is 40.2 Å². The van der Waals surface area contributed by atoms with Gasteiger partial charge in [-0.3, -0.25) is 14.5 Å². The Morgan fingerprint density at radius 3 is 2.45 bits per heavy atom. The highest BCUT2D eigenvalue weighted by Gasteiger charge is 2.47. The van der Waals surface area contributed by atoms with Crippen molar-refractivity contribution in [3.05, 3.63) is 16.0 Å². The molecule has 4 amide bonds. The number of hydrogen-bond acceptors (Lipinski definition) is 6. The van der Waals surface area contributed by atoms with Gasteiger partial charge < -0.3 is 15.4 Å². The molecule has 1 aliphatic heterocycles. The van der Waals surface area contributed by atoms with Crippen LogP contribution in [0.1, 0.15) is 80.1 Å². The number of hydrogen-bond donors (Lipinski definition) is 2. The average Bonchev–Trinajstić information content (AvgIpc) is 3.09. The lowest BCUT2D eigenvalue weighted by Gasteiger charge is -2.21. The van der Waals surface area contributed by atoms with Crippen LogP contribution in [0, 0.1) is 13.8 Å². The van der Waals surface area contributed by atoms with Crippen molar-refractivity contribution in [2.45, 2.75) is 78.7 Å². The number of rotatable bonds is 11. The van der Waals surface area contributed by atoms with Crippen molar-refractivity contribution in [3.63, 3.8) is 0 Å². The van der Waals surface area contributed by atoms with E-state index in [1.54, 1.807) is 20.8 Å². The van der Waals surface area contributed by atoms with Crippen LogP contribution >= 0.6 is 11.3 Å². The minimum Gasteiger partial charge on any atom is -0.462 e. The second-order valence-electron chi connectivity index (χ2n) is 8.07. The third-order valence-electron chi connectivity index (χ3n) is 5.55. The van der Waals surface area contributed by atoms with Crippen LogP contribution < -0.4 is 10.6 Å². The number of unbranched alkanes of at least 4 members (excludes halogenated alkanes) is 4. The first-order chi connectivity index (χ1) is 14.6. The van der Waals surface area contributed by atoms with Crippen LogP contribution in [-0.2, 0) is 14.3 Å². The second-order valence-corrected chi connectivity index (χ2v) is 9.30. The van der Waals surface area contributed by atoms with Crippen molar-refractivity contribution in [2.24, 2.45) is 0 Å². The van der Waals surface area contributed by atoms with Crippen molar-refractivity contribution < 1.29 is 23.9 Å². The van der Waals surface area contributed by atoms with E-state index in [1.807, 2.05) is 6.92 Å². The van der Waals surface area contributed by atoms with E-state index in [-0.39, 0.29) is 6.61 Å². The predicted molar refractivity (Wildman–Crippen MR) is 120 cm³/mol. The van der Waals surface area contributed by atoms with Crippen LogP contribution in [0.25, 0.3) is 0 Å². The van der Waals surface area contributed by atoms with Gasteiger partial charge in [0, 0.05) is 4.88 Å². The monoisotopic (exact) mass is 451 g/mol. The van der Waals surface area contributed by atoms with Gasteiger partial charge in [0.05, 0.1) is 12.2 Å². The number of nitrogens with zero attached hydrogens (tertiary/aromatic N) is 1. The van der Waals surface area contributed by atoms with Crippen LogP contribution in [0.3, 0.4) is 0 Å². The summed E-state index contributed by atoms with van der Waals surface area (Å²) in [5.74, 6) is -1.44. The average molecular weight is 452 g/mol. The van der Waals surface area contributed by atoms with Gasteiger partial charge >= 0.3 is 12.0 Å². The minimum absolute atomic E-state index is 0.222. The zero-order chi connectivity index (χ0) is 23.2. The molecule has 0 saturated carbocycles. The Morgan fingerprint density at radius 1 is 1.13 bits per heavy atom. The van der Waals surface area contributed by atoms with Crippen molar-refractivity contribution in [1.29, 1.82) is 0 Å². The Balaban J connectivity index is 2.03. The van der Waals surface area contributed by atoms with E-state index in [4.69, 9.17) is 4.74 Å². The zero-order valence-electron chi connectivity index (χ0n) is 19.1. The van der Waals surface area contributed by atoms with Gasteiger partial charge in [-0.05, 0) is 39.7 Å². The Labute approximate surface area is 187 Å². The van der Waals surface area contributed by atoms with Crippen molar-refractivity contribution in [2.75, 3.05) is 18.5 Å². The molecule has 9 heteroatoms. The number of imide groups is 1. The smallest absolute Gasteiger partial charge is 0.341 e. The van der Waals surface area contributed by atoms with Gasteiger partial charge in [0.1, 0.15) is 17.1 Å². The highest BCUT2D eigenvalue weighted by atomic mass is 32.1. The Hall–Kier alpha value is -2.42. The number of carbonyl (C=O) groups is 4. The van der Waals surface area contributed by atoms with Crippen LogP contribution in [-0.4, -0.2) is 47.4 Å². The molecule has 0 aromatic carbocycles. The summed E-state index contributed by atoms with van der Waals surface area (Å²) in [5, 5.41) is 5.78. The van der Waals surface area contributed by atoms with E-state index in [1.165, 1.54) is 11.3 Å². The number of nitrogens with one attached hydrogen (secondary N) is 2. The lowest BCUT2D eigenvalue weighted by molar-refractivity contribution is -0.133. The van der Waals surface area contributed by atoms with E-state index in [0.29, 0.717) is 17.0 Å². The van der Waals surface area contributed by atoms with E-state index in [2.05, 4.69) is 17.6 Å². The number of ether oxygens (including phenoxy) is 1. The first kappa shape index (κ1) is 24.8. The second kappa shape index (κ2) is 10.7. The fourth-order valence-electron chi connectivity index (χ4n) is 3.62. The summed E-state index contributed by atoms with van der Waals surface area (Å²) in [4.78, 5) is 52.0. The van der Waals surface area contributed by atoms with Gasteiger partial charge in [0.25, 0.3) is 5.91 Å². The first-order valence-corrected chi connectivity index (χ1v) is 11.7. The number of anilines is 1. The predicted octanol–water partition coefficient (Wildman–Crippen LogP) is 4.15. The quantitative estimate of drug-likeness (QED) is 0.299. The van der Waals surface area contributed by atoms with Crippen molar-refractivity contribution in [1.82, 2.24) is 10.2 Å². The van der Waals surface area contributed by atoms with Gasteiger partial charge in [0.15, 0.2) is 0 Å². The third-order valence-corrected chi connectivity index (χ3v) is 6.67. The van der Waals surface area contributed by atoms with Crippen molar-refractivity contribution in [3.8, 4) is 0 Å². The Kier molecular flexibility index (Phi) is 8.61. The number of aryl methyl sites for hydroxylation is 1. The normalized spacial score (nSPS) is 18.3. The molecule has 8 nitrogen and oxygen atoms in total. The third kappa shape index (κ3) is 5.84. The number of urea groups is 1. The van der Waals surface area contributed by atoms with Crippen LogP contribution in [0.4, 0.5) is 9.80 Å². The highest BCUT2D eigenvalue weighted by Crippen LogP contribution is 2.33. The molecule has 2 N–H and O–H groups in total. The van der Waals surface area contributed by atoms with Crippen LogP contribution in [0.5, 0.6) is 0 Å². The lowest BCUT2D eigenvalue weighted by atomic mass is 9.94. The molecule has 31 heavy (non-hydrogen) atoms. The Morgan fingerprint density at radius 2 is 1.81 bits per heavy atom. The van der Waals surface area contributed by atoms with Gasteiger partial charge in [-0.25, -0.2) is 9.59 Å².